The zero-order chi connectivity index (χ0) is 19.5. The smallest absolute Gasteiger partial charge is 0.339 e. The Morgan fingerprint density at radius 2 is 1.25 bits per heavy atom. The molecule has 5 aliphatic rings. The van der Waals surface area contributed by atoms with Crippen LogP contribution >= 0.6 is 0 Å². The maximum absolute atomic E-state index is 12.9. The summed E-state index contributed by atoms with van der Waals surface area (Å²) in [5.74, 6) is -0.0485. The second-order valence-electron chi connectivity index (χ2n) is 8.71. The molecule has 2 aliphatic heterocycles. The minimum atomic E-state index is -0.794. The number of fused-ring (bicyclic) bond motifs is 3. The lowest BCUT2D eigenvalue weighted by molar-refractivity contribution is -0.275. The molecule has 0 N–H and O–H groups in total. The van der Waals surface area contributed by atoms with Gasteiger partial charge < -0.3 is 9.47 Å². The molecule has 0 unspecified atom stereocenters. The molecule has 1 fully saturated rings. The number of hydrogen-bond acceptors (Lipinski definition) is 4. The van der Waals surface area contributed by atoms with Crippen molar-refractivity contribution >= 4 is 11.9 Å². The molecule has 1 saturated carbocycles. The fraction of sp³-hybridized carbons (Fsp3) is 0.583. The summed E-state index contributed by atoms with van der Waals surface area (Å²) in [7, 11) is 0. The quantitative estimate of drug-likeness (QED) is 0.663. The molecule has 2 heterocycles. The summed E-state index contributed by atoms with van der Waals surface area (Å²) in [6.45, 7) is 4.37. The molecule has 5 rings (SSSR count). The average Bonchev–Trinajstić information content (AvgIpc) is 3.21. The molecule has 0 radical (unpaired) electrons. The minimum absolute atomic E-state index is 0.214. The molecular weight excluding hydrogens is 352 g/mol. The highest BCUT2D eigenvalue weighted by Gasteiger charge is 2.82. The van der Waals surface area contributed by atoms with Crippen LogP contribution in [0.1, 0.15) is 65.2 Å². The van der Waals surface area contributed by atoms with E-state index in [0.29, 0.717) is 11.1 Å². The van der Waals surface area contributed by atoms with Crippen LogP contribution < -0.4 is 0 Å². The van der Waals surface area contributed by atoms with E-state index in [1.807, 2.05) is 12.2 Å². The number of ether oxygens (including phenoxy) is 2. The molecule has 3 aliphatic carbocycles. The van der Waals surface area contributed by atoms with Crippen molar-refractivity contribution in [1.82, 2.24) is 0 Å². The van der Waals surface area contributed by atoms with Gasteiger partial charge in [-0.2, -0.15) is 0 Å². The standard InChI is InChI=1S/C24H28O4/c1-3-9-19-20(10-4-2)24(18-14-8-6-12-16(18)22(26)28-24)23(19)17-13-7-5-11-15(17)21(25)27-23/h5-6,11-12,19-20H,3-4,7-10,13-14H2,1-2H3/t19-,20-,23+,24+/m0/s1. The Bertz CT molecular complexity index is 801. The Hall–Kier alpha value is -2.10. The molecule has 0 amide bonds. The van der Waals surface area contributed by atoms with Crippen molar-refractivity contribution < 1.29 is 19.1 Å². The average molecular weight is 380 g/mol. The van der Waals surface area contributed by atoms with E-state index < -0.39 is 11.2 Å². The summed E-state index contributed by atoms with van der Waals surface area (Å²) >= 11 is 0. The van der Waals surface area contributed by atoms with E-state index in [0.717, 1.165) is 62.5 Å². The van der Waals surface area contributed by atoms with E-state index in [1.165, 1.54) is 0 Å². The fourth-order valence-electron chi connectivity index (χ4n) is 6.66. The Morgan fingerprint density at radius 1 is 0.821 bits per heavy atom. The second-order valence-corrected chi connectivity index (χ2v) is 8.71. The number of hydrogen-bond donors (Lipinski definition) is 0. The molecule has 4 nitrogen and oxygen atoms in total. The molecule has 2 spiro atoms. The predicted octanol–water partition coefficient (Wildman–Crippen LogP) is 4.72. The van der Waals surface area contributed by atoms with Gasteiger partial charge in [0.1, 0.15) is 0 Å². The van der Waals surface area contributed by atoms with Gasteiger partial charge in [0, 0.05) is 11.8 Å². The van der Waals surface area contributed by atoms with Crippen LogP contribution in [0.15, 0.2) is 46.6 Å². The molecule has 148 valence electrons. The van der Waals surface area contributed by atoms with Crippen LogP contribution in [-0.2, 0) is 19.1 Å². The Labute approximate surface area is 166 Å². The van der Waals surface area contributed by atoms with Crippen molar-refractivity contribution in [2.24, 2.45) is 11.8 Å². The highest BCUT2D eigenvalue weighted by molar-refractivity contribution is 6.00. The van der Waals surface area contributed by atoms with Crippen LogP contribution in [0.25, 0.3) is 0 Å². The first-order valence-electron chi connectivity index (χ1n) is 10.9. The van der Waals surface area contributed by atoms with Gasteiger partial charge in [-0.3, -0.25) is 0 Å². The topological polar surface area (TPSA) is 52.6 Å². The van der Waals surface area contributed by atoms with E-state index in [2.05, 4.69) is 26.0 Å². The molecule has 0 aromatic heterocycles. The number of carbonyl (C=O) groups is 2. The normalized spacial score (nSPS) is 38.1. The first-order chi connectivity index (χ1) is 13.6. The molecule has 0 saturated heterocycles. The first-order valence-corrected chi connectivity index (χ1v) is 10.9. The monoisotopic (exact) mass is 380 g/mol. The first kappa shape index (κ1) is 18.0. The van der Waals surface area contributed by atoms with E-state index >= 15 is 0 Å². The highest BCUT2D eigenvalue weighted by Crippen LogP contribution is 2.71. The van der Waals surface area contributed by atoms with Crippen LogP contribution in [0, 0.1) is 11.8 Å². The molecule has 0 bridgehead atoms. The van der Waals surface area contributed by atoms with Gasteiger partial charge >= 0.3 is 11.9 Å². The van der Waals surface area contributed by atoms with E-state index in [9.17, 15) is 9.59 Å². The lowest BCUT2D eigenvalue weighted by atomic mass is 9.43. The Kier molecular flexibility index (Phi) is 3.98. The third-order valence-electron chi connectivity index (χ3n) is 7.47. The van der Waals surface area contributed by atoms with Gasteiger partial charge in [-0.1, -0.05) is 51.0 Å². The van der Waals surface area contributed by atoms with Crippen molar-refractivity contribution in [1.29, 1.82) is 0 Å². The van der Waals surface area contributed by atoms with Crippen molar-refractivity contribution in [2.45, 2.75) is 76.4 Å². The van der Waals surface area contributed by atoms with Crippen LogP contribution in [0.3, 0.4) is 0 Å². The third kappa shape index (κ3) is 1.92. The molecule has 4 atom stereocenters. The Morgan fingerprint density at radius 3 is 1.64 bits per heavy atom. The summed E-state index contributed by atoms with van der Waals surface area (Å²) in [5.41, 5.74) is 2.00. The van der Waals surface area contributed by atoms with Crippen LogP contribution in [0.2, 0.25) is 0 Å². The van der Waals surface area contributed by atoms with Gasteiger partial charge in [0.15, 0.2) is 11.2 Å². The Balaban J connectivity index is 1.74. The van der Waals surface area contributed by atoms with Gasteiger partial charge in [0.2, 0.25) is 0 Å². The van der Waals surface area contributed by atoms with E-state index in [-0.39, 0.29) is 23.8 Å². The van der Waals surface area contributed by atoms with E-state index in [1.54, 1.807) is 0 Å². The SMILES string of the molecule is CCC[C@H]1[C@H](CCC)[C@@]2(OC(=O)C3=C2CCC=C3)[C@]12OC(=O)C1=C2CCC=C1. The van der Waals surface area contributed by atoms with Crippen LogP contribution in [0.5, 0.6) is 0 Å². The van der Waals surface area contributed by atoms with Crippen molar-refractivity contribution in [3.8, 4) is 0 Å². The molecular formula is C24H28O4. The van der Waals surface area contributed by atoms with E-state index in [4.69, 9.17) is 9.47 Å². The molecule has 4 heteroatoms. The maximum Gasteiger partial charge on any atom is 0.339 e. The summed E-state index contributed by atoms with van der Waals surface area (Å²) < 4.78 is 12.6. The zero-order valence-corrected chi connectivity index (χ0v) is 16.8. The van der Waals surface area contributed by atoms with Gasteiger partial charge in [0.05, 0.1) is 11.1 Å². The number of allylic oxidation sites excluding steroid dienone is 2. The van der Waals surface area contributed by atoms with Crippen LogP contribution in [0.4, 0.5) is 0 Å². The fourth-order valence-corrected chi connectivity index (χ4v) is 6.66. The van der Waals surface area contributed by atoms with Gasteiger partial charge in [-0.25, -0.2) is 9.59 Å². The number of esters is 2. The zero-order valence-electron chi connectivity index (χ0n) is 16.8. The lowest BCUT2D eigenvalue weighted by Crippen LogP contribution is -2.77. The lowest BCUT2D eigenvalue weighted by Gasteiger charge is -2.65. The molecule has 0 aromatic rings. The predicted molar refractivity (Wildman–Crippen MR) is 105 cm³/mol. The van der Waals surface area contributed by atoms with Crippen molar-refractivity contribution in [3.05, 3.63) is 46.6 Å². The highest BCUT2D eigenvalue weighted by atomic mass is 16.6. The minimum Gasteiger partial charge on any atom is -0.446 e. The summed E-state index contributed by atoms with van der Waals surface area (Å²) in [4.78, 5) is 25.8. The van der Waals surface area contributed by atoms with Gasteiger partial charge in [-0.05, 0) is 49.7 Å². The third-order valence-corrected chi connectivity index (χ3v) is 7.47. The van der Waals surface area contributed by atoms with Crippen LogP contribution in [-0.4, -0.2) is 23.1 Å². The summed E-state index contributed by atoms with van der Waals surface area (Å²) in [6, 6.07) is 0. The van der Waals surface area contributed by atoms with Gasteiger partial charge in [-0.15, -0.1) is 0 Å². The maximum atomic E-state index is 12.9. The second kappa shape index (κ2) is 6.20. The molecule has 28 heavy (non-hydrogen) atoms. The van der Waals surface area contributed by atoms with Crippen molar-refractivity contribution in [3.63, 3.8) is 0 Å². The number of rotatable bonds is 4. The number of carbonyl (C=O) groups excluding carboxylic acids is 2. The summed E-state index contributed by atoms with van der Waals surface area (Å²) in [5, 5.41) is 0. The largest absolute Gasteiger partial charge is 0.446 e. The van der Waals surface area contributed by atoms with Gasteiger partial charge in [0.25, 0.3) is 0 Å². The molecule has 0 aromatic carbocycles. The van der Waals surface area contributed by atoms with Crippen molar-refractivity contribution in [2.75, 3.05) is 0 Å². The summed E-state index contributed by atoms with van der Waals surface area (Å²) in [6.07, 6.45) is 15.4.